The quantitative estimate of drug-likeness (QED) is 0.671. The molecule has 0 radical (unpaired) electrons. The number of likely N-dealkylation sites (tertiary alicyclic amines) is 1. The van der Waals surface area contributed by atoms with Crippen molar-refractivity contribution in [1.82, 2.24) is 9.88 Å². The zero-order valence-corrected chi connectivity index (χ0v) is 17.1. The third-order valence-corrected chi connectivity index (χ3v) is 4.93. The zero-order valence-electron chi connectivity index (χ0n) is 17.1. The van der Waals surface area contributed by atoms with Crippen molar-refractivity contribution in [1.29, 1.82) is 0 Å². The van der Waals surface area contributed by atoms with Crippen molar-refractivity contribution in [3.8, 4) is 17.0 Å². The second kappa shape index (κ2) is 10.3. The van der Waals surface area contributed by atoms with Crippen molar-refractivity contribution in [3.05, 3.63) is 47.2 Å². The normalized spacial score (nSPS) is 14.0. The molecular formula is C23H34N2O. The maximum atomic E-state index is 5.60. The molecule has 0 aliphatic carbocycles. The number of aryl methyl sites for hydroxylation is 1. The third kappa shape index (κ3) is 5.07. The van der Waals surface area contributed by atoms with Crippen LogP contribution >= 0.6 is 0 Å². The number of hydrogen-bond acceptors (Lipinski definition) is 3. The molecule has 1 aliphatic heterocycles. The maximum absolute atomic E-state index is 5.60. The molecule has 0 atom stereocenters. The Morgan fingerprint density at radius 3 is 2.50 bits per heavy atom. The molecule has 0 unspecified atom stereocenters. The number of pyridine rings is 1. The van der Waals surface area contributed by atoms with Crippen LogP contribution in [-0.2, 0) is 13.0 Å². The first kappa shape index (κ1) is 20.4. The lowest BCUT2D eigenvalue weighted by Crippen LogP contribution is -2.18. The Kier molecular flexibility index (Phi) is 8.11. The fraction of sp³-hybridized carbons (Fsp3) is 0.522. The van der Waals surface area contributed by atoms with E-state index in [1.54, 1.807) is 7.11 Å². The molecule has 2 heterocycles. The second-order valence-electron chi connectivity index (χ2n) is 6.75. The summed E-state index contributed by atoms with van der Waals surface area (Å²) < 4.78 is 5.60. The largest absolute Gasteiger partial charge is 0.496 e. The predicted molar refractivity (Wildman–Crippen MR) is 111 cm³/mol. The van der Waals surface area contributed by atoms with E-state index in [0.717, 1.165) is 36.4 Å². The summed E-state index contributed by atoms with van der Waals surface area (Å²) >= 11 is 0. The number of hydrogen-bond donors (Lipinski definition) is 0. The van der Waals surface area contributed by atoms with Crippen LogP contribution in [0.15, 0.2) is 30.5 Å². The molecule has 1 aromatic heterocycles. The van der Waals surface area contributed by atoms with Crippen LogP contribution in [0.25, 0.3) is 11.3 Å². The Morgan fingerprint density at radius 2 is 1.85 bits per heavy atom. The van der Waals surface area contributed by atoms with Crippen molar-refractivity contribution in [2.24, 2.45) is 0 Å². The summed E-state index contributed by atoms with van der Waals surface area (Å²) in [5, 5.41) is 0. The van der Waals surface area contributed by atoms with Gasteiger partial charge < -0.3 is 4.74 Å². The van der Waals surface area contributed by atoms with Crippen LogP contribution in [0.2, 0.25) is 0 Å². The minimum Gasteiger partial charge on any atom is -0.496 e. The average molecular weight is 355 g/mol. The highest BCUT2D eigenvalue weighted by Crippen LogP contribution is 2.30. The molecule has 0 amide bonds. The molecule has 1 saturated heterocycles. The smallest absolute Gasteiger partial charge is 0.122 e. The summed E-state index contributed by atoms with van der Waals surface area (Å²) in [5.41, 5.74) is 6.15. The van der Waals surface area contributed by atoms with Gasteiger partial charge in [-0.1, -0.05) is 27.2 Å². The number of rotatable bonds is 6. The Hall–Kier alpha value is -1.87. The molecule has 1 aliphatic rings. The number of methoxy groups -OCH3 is 1. The SMILES string of the molecule is CC.CCCc1cc(-c2cc(CN3CCCC3)ccn2)cc(OC)c1C. The predicted octanol–water partition coefficient (Wildman–Crippen LogP) is 5.64. The van der Waals surface area contributed by atoms with Crippen molar-refractivity contribution in [2.75, 3.05) is 20.2 Å². The van der Waals surface area contributed by atoms with Crippen LogP contribution < -0.4 is 4.74 Å². The first-order valence-electron chi connectivity index (χ1n) is 10.1. The Labute approximate surface area is 159 Å². The molecule has 0 N–H and O–H groups in total. The van der Waals surface area contributed by atoms with Gasteiger partial charge in [0.15, 0.2) is 0 Å². The fourth-order valence-electron chi connectivity index (χ4n) is 3.56. The van der Waals surface area contributed by atoms with Gasteiger partial charge in [0, 0.05) is 18.3 Å². The minimum absolute atomic E-state index is 0.961. The maximum Gasteiger partial charge on any atom is 0.122 e. The van der Waals surface area contributed by atoms with Gasteiger partial charge in [-0.15, -0.1) is 0 Å². The van der Waals surface area contributed by atoms with Crippen molar-refractivity contribution in [2.45, 2.75) is 59.9 Å². The van der Waals surface area contributed by atoms with Crippen molar-refractivity contribution >= 4 is 0 Å². The molecule has 3 rings (SSSR count). The topological polar surface area (TPSA) is 25.4 Å². The first-order valence-corrected chi connectivity index (χ1v) is 10.1. The second-order valence-corrected chi connectivity index (χ2v) is 6.75. The van der Waals surface area contributed by atoms with Crippen LogP contribution in [0.3, 0.4) is 0 Å². The Morgan fingerprint density at radius 1 is 1.12 bits per heavy atom. The highest BCUT2D eigenvalue weighted by atomic mass is 16.5. The van der Waals surface area contributed by atoms with Crippen LogP contribution in [0.5, 0.6) is 5.75 Å². The summed E-state index contributed by atoms with van der Waals surface area (Å²) in [6, 6.07) is 8.78. The van der Waals surface area contributed by atoms with Crippen LogP contribution in [0, 0.1) is 6.92 Å². The van der Waals surface area contributed by atoms with Crippen LogP contribution in [0.4, 0.5) is 0 Å². The molecule has 1 aromatic carbocycles. The van der Waals surface area contributed by atoms with E-state index in [1.165, 1.54) is 42.6 Å². The van der Waals surface area contributed by atoms with Gasteiger partial charge in [0.1, 0.15) is 5.75 Å². The molecule has 0 saturated carbocycles. The molecular weight excluding hydrogens is 320 g/mol. The lowest BCUT2D eigenvalue weighted by molar-refractivity contribution is 0.331. The van der Waals surface area contributed by atoms with Crippen molar-refractivity contribution < 1.29 is 4.74 Å². The van der Waals surface area contributed by atoms with Crippen molar-refractivity contribution in [3.63, 3.8) is 0 Å². The molecule has 3 nitrogen and oxygen atoms in total. The standard InChI is InChI=1S/C21H28N2O.C2H6/c1-4-7-18-13-19(14-21(24-3)16(18)2)20-12-17(8-9-22-20)15-23-10-5-6-11-23;1-2/h8-9,12-14H,4-7,10-11,15H2,1-3H3;1-2H3. The van der Waals surface area contributed by atoms with E-state index in [4.69, 9.17) is 4.74 Å². The minimum atomic E-state index is 0.961. The van der Waals surface area contributed by atoms with Gasteiger partial charge in [-0.25, -0.2) is 0 Å². The molecule has 3 heteroatoms. The van der Waals surface area contributed by atoms with Gasteiger partial charge in [-0.05, 0) is 80.2 Å². The van der Waals surface area contributed by atoms with E-state index in [1.807, 2.05) is 20.0 Å². The monoisotopic (exact) mass is 354 g/mol. The summed E-state index contributed by atoms with van der Waals surface area (Å²) in [4.78, 5) is 7.14. The molecule has 2 aromatic rings. The van der Waals surface area contributed by atoms with E-state index in [-0.39, 0.29) is 0 Å². The van der Waals surface area contributed by atoms with E-state index < -0.39 is 0 Å². The average Bonchev–Trinajstić information content (AvgIpc) is 3.18. The number of benzene rings is 1. The van der Waals surface area contributed by atoms with E-state index in [9.17, 15) is 0 Å². The van der Waals surface area contributed by atoms with Gasteiger partial charge >= 0.3 is 0 Å². The summed E-state index contributed by atoms with van der Waals surface area (Å²) in [7, 11) is 1.75. The van der Waals surface area contributed by atoms with Gasteiger partial charge in [-0.3, -0.25) is 9.88 Å². The molecule has 1 fully saturated rings. The molecule has 26 heavy (non-hydrogen) atoms. The summed E-state index contributed by atoms with van der Waals surface area (Å²) in [6.45, 7) is 11.8. The lowest BCUT2D eigenvalue weighted by Gasteiger charge is -2.16. The highest BCUT2D eigenvalue weighted by molar-refractivity contribution is 5.65. The number of ether oxygens (including phenoxy) is 1. The van der Waals surface area contributed by atoms with E-state index in [2.05, 4.69) is 48.0 Å². The zero-order chi connectivity index (χ0) is 18.9. The van der Waals surface area contributed by atoms with Gasteiger partial charge in [0.2, 0.25) is 0 Å². The van der Waals surface area contributed by atoms with Gasteiger partial charge in [0.05, 0.1) is 12.8 Å². The lowest BCUT2D eigenvalue weighted by atomic mass is 9.98. The van der Waals surface area contributed by atoms with E-state index >= 15 is 0 Å². The highest BCUT2D eigenvalue weighted by Gasteiger charge is 2.13. The fourth-order valence-corrected chi connectivity index (χ4v) is 3.56. The molecule has 142 valence electrons. The number of nitrogens with zero attached hydrogens (tertiary/aromatic N) is 2. The summed E-state index contributed by atoms with van der Waals surface area (Å²) in [5.74, 6) is 0.961. The van der Waals surface area contributed by atoms with E-state index in [0.29, 0.717) is 0 Å². The molecule has 0 spiro atoms. The molecule has 0 bridgehead atoms. The first-order chi connectivity index (χ1) is 12.7. The van der Waals surface area contributed by atoms with Crippen LogP contribution in [0.1, 0.15) is 56.7 Å². The number of aromatic nitrogens is 1. The van der Waals surface area contributed by atoms with Gasteiger partial charge in [0.25, 0.3) is 0 Å². The van der Waals surface area contributed by atoms with Crippen LogP contribution in [-0.4, -0.2) is 30.1 Å². The summed E-state index contributed by atoms with van der Waals surface area (Å²) in [6.07, 6.45) is 6.80. The Balaban J connectivity index is 0.00000117. The Bertz CT molecular complexity index is 691. The third-order valence-electron chi connectivity index (χ3n) is 4.93. The van der Waals surface area contributed by atoms with Gasteiger partial charge in [-0.2, -0.15) is 0 Å².